The summed E-state index contributed by atoms with van der Waals surface area (Å²) in [7, 11) is 0. The molecule has 0 radical (unpaired) electrons. The fraction of sp³-hybridized carbons (Fsp3) is 0.278. The third-order valence-electron chi connectivity index (χ3n) is 4.37. The van der Waals surface area contributed by atoms with Crippen LogP contribution in [-0.2, 0) is 6.54 Å². The number of hydrogen-bond acceptors (Lipinski definition) is 6. The first kappa shape index (κ1) is 15.4. The minimum atomic E-state index is -0.0817. The molecule has 0 amide bonds. The van der Waals surface area contributed by atoms with Crippen LogP contribution in [0.3, 0.4) is 0 Å². The number of nitrogens with zero attached hydrogens (tertiary/aromatic N) is 6. The van der Waals surface area contributed by atoms with Crippen LogP contribution in [0.4, 0.5) is 5.82 Å². The van der Waals surface area contributed by atoms with E-state index in [0.717, 1.165) is 35.9 Å². The predicted octanol–water partition coefficient (Wildman–Crippen LogP) is 1.54. The van der Waals surface area contributed by atoms with Crippen molar-refractivity contribution in [2.75, 3.05) is 18.0 Å². The van der Waals surface area contributed by atoms with Crippen LogP contribution < -0.4 is 10.5 Å². The van der Waals surface area contributed by atoms with Gasteiger partial charge in [-0.15, -0.1) is 0 Å². The van der Waals surface area contributed by atoms with E-state index < -0.39 is 0 Å². The Balaban J connectivity index is 1.47. The van der Waals surface area contributed by atoms with Crippen molar-refractivity contribution < 1.29 is 0 Å². The minimum Gasteiger partial charge on any atom is -0.354 e. The zero-order valence-corrected chi connectivity index (χ0v) is 13.9. The summed E-state index contributed by atoms with van der Waals surface area (Å²) in [4.78, 5) is 27.1. The van der Waals surface area contributed by atoms with Crippen LogP contribution in [0.25, 0.3) is 11.3 Å². The molecule has 1 aliphatic heterocycles. The first-order valence-electron chi connectivity index (χ1n) is 8.22. The third kappa shape index (κ3) is 3.13. The molecule has 25 heavy (non-hydrogen) atoms. The predicted molar refractivity (Wildman–Crippen MR) is 94.2 cm³/mol. The van der Waals surface area contributed by atoms with Gasteiger partial charge in [0.05, 0.1) is 17.9 Å². The zero-order chi connectivity index (χ0) is 17.2. The van der Waals surface area contributed by atoms with Crippen molar-refractivity contribution in [1.82, 2.24) is 24.7 Å². The number of pyridine rings is 1. The Morgan fingerprint density at radius 1 is 1.12 bits per heavy atom. The SMILES string of the molecule is Cc1nccnc1N1CC(Cn2nc(-c3cccnc3)ccc2=O)C1. The van der Waals surface area contributed by atoms with Gasteiger partial charge in [-0.3, -0.25) is 14.8 Å². The Kier molecular flexibility index (Phi) is 3.97. The number of anilines is 1. The maximum Gasteiger partial charge on any atom is 0.266 e. The highest BCUT2D eigenvalue weighted by Gasteiger charge is 2.29. The van der Waals surface area contributed by atoms with E-state index in [1.807, 2.05) is 19.1 Å². The molecule has 0 aliphatic carbocycles. The summed E-state index contributed by atoms with van der Waals surface area (Å²) in [5, 5.41) is 4.50. The van der Waals surface area contributed by atoms with E-state index in [4.69, 9.17) is 0 Å². The topological polar surface area (TPSA) is 76.8 Å². The van der Waals surface area contributed by atoms with E-state index in [2.05, 4.69) is 25.0 Å². The summed E-state index contributed by atoms with van der Waals surface area (Å²) in [6.07, 6.45) is 6.87. The monoisotopic (exact) mass is 334 g/mol. The molecule has 0 aromatic carbocycles. The molecule has 0 unspecified atom stereocenters. The lowest BCUT2D eigenvalue weighted by molar-refractivity contribution is 0.333. The molecule has 1 aliphatic rings. The van der Waals surface area contributed by atoms with Crippen molar-refractivity contribution in [3.63, 3.8) is 0 Å². The summed E-state index contributed by atoms with van der Waals surface area (Å²) in [5.74, 6) is 1.29. The molecule has 0 spiro atoms. The van der Waals surface area contributed by atoms with Gasteiger partial charge in [0.25, 0.3) is 5.56 Å². The lowest BCUT2D eigenvalue weighted by Gasteiger charge is -2.40. The molecule has 0 atom stereocenters. The molecule has 3 aromatic heterocycles. The van der Waals surface area contributed by atoms with Crippen LogP contribution in [0, 0.1) is 12.8 Å². The van der Waals surface area contributed by atoms with Crippen LogP contribution in [0.2, 0.25) is 0 Å². The minimum absolute atomic E-state index is 0.0817. The quantitative estimate of drug-likeness (QED) is 0.720. The van der Waals surface area contributed by atoms with Gasteiger partial charge in [-0.05, 0) is 25.1 Å². The second-order valence-electron chi connectivity index (χ2n) is 6.22. The van der Waals surface area contributed by atoms with Crippen LogP contribution in [0.15, 0.2) is 53.8 Å². The number of rotatable bonds is 4. The molecule has 0 saturated carbocycles. The van der Waals surface area contributed by atoms with Gasteiger partial charge in [0.1, 0.15) is 5.82 Å². The smallest absolute Gasteiger partial charge is 0.266 e. The average molecular weight is 334 g/mol. The number of aryl methyl sites for hydroxylation is 1. The van der Waals surface area contributed by atoms with E-state index in [1.54, 1.807) is 41.6 Å². The van der Waals surface area contributed by atoms with Gasteiger partial charge in [-0.25, -0.2) is 9.67 Å². The van der Waals surface area contributed by atoms with E-state index in [-0.39, 0.29) is 5.56 Å². The highest BCUT2D eigenvalue weighted by molar-refractivity contribution is 5.56. The Hall–Kier alpha value is -3.09. The Morgan fingerprint density at radius 2 is 1.96 bits per heavy atom. The van der Waals surface area contributed by atoms with E-state index in [0.29, 0.717) is 12.5 Å². The van der Waals surface area contributed by atoms with Gasteiger partial charge in [0, 0.05) is 55.4 Å². The molecule has 1 saturated heterocycles. The molecule has 7 heteroatoms. The molecule has 4 rings (SSSR count). The normalized spacial score (nSPS) is 14.4. The summed E-state index contributed by atoms with van der Waals surface area (Å²) in [6.45, 7) is 4.26. The van der Waals surface area contributed by atoms with Crippen LogP contribution >= 0.6 is 0 Å². The maximum absolute atomic E-state index is 12.1. The molecule has 1 fully saturated rings. The van der Waals surface area contributed by atoms with Crippen molar-refractivity contribution >= 4 is 5.82 Å². The number of aromatic nitrogens is 5. The lowest BCUT2D eigenvalue weighted by Crippen LogP contribution is -2.50. The van der Waals surface area contributed by atoms with Crippen molar-refractivity contribution in [3.8, 4) is 11.3 Å². The second-order valence-corrected chi connectivity index (χ2v) is 6.22. The molecular weight excluding hydrogens is 316 g/mol. The van der Waals surface area contributed by atoms with Crippen molar-refractivity contribution in [2.45, 2.75) is 13.5 Å². The molecule has 0 N–H and O–H groups in total. The van der Waals surface area contributed by atoms with Gasteiger partial charge in [0.2, 0.25) is 0 Å². The first-order valence-corrected chi connectivity index (χ1v) is 8.22. The van der Waals surface area contributed by atoms with Gasteiger partial charge in [-0.1, -0.05) is 0 Å². The number of hydrogen-bond donors (Lipinski definition) is 0. The standard InChI is InChI=1S/C18H18N6O/c1-13-18(21-8-7-20-13)23-10-14(11-23)12-24-17(25)5-4-16(22-24)15-3-2-6-19-9-15/h2-9,14H,10-12H2,1H3. The molecular formula is C18H18N6O. The summed E-state index contributed by atoms with van der Waals surface area (Å²) in [6, 6.07) is 7.11. The Bertz CT molecular complexity index is 934. The van der Waals surface area contributed by atoms with E-state index >= 15 is 0 Å². The third-order valence-corrected chi connectivity index (χ3v) is 4.37. The van der Waals surface area contributed by atoms with Crippen LogP contribution in [-0.4, -0.2) is 37.8 Å². The van der Waals surface area contributed by atoms with Gasteiger partial charge in [0.15, 0.2) is 0 Å². The highest BCUT2D eigenvalue weighted by atomic mass is 16.1. The van der Waals surface area contributed by atoms with Crippen molar-refractivity contribution in [2.24, 2.45) is 5.92 Å². The van der Waals surface area contributed by atoms with Crippen molar-refractivity contribution in [1.29, 1.82) is 0 Å². The van der Waals surface area contributed by atoms with Gasteiger partial charge < -0.3 is 4.90 Å². The molecule has 4 heterocycles. The molecule has 0 bridgehead atoms. The Labute approximate surface area is 145 Å². The van der Waals surface area contributed by atoms with Gasteiger partial charge in [-0.2, -0.15) is 5.10 Å². The van der Waals surface area contributed by atoms with E-state index in [9.17, 15) is 4.79 Å². The summed E-state index contributed by atoms with van der Waals surface area (Å²) >= 11 is 0. The largest absolute Gasteiger partial charge is 0.354 e. The molecule has 126 valence electrons. The summed E-state index contributed by atoms with van der Waals surface area (Å²) in [5.41, 5.74) is 2.51. The van der Waals surface area contributed by atoms with Crippen LogP contribution in [0.1, 0.15) is 5.69 Å². The highest BCUT2D eigenvalue weighted by Crippen LogP contribution is 2.25. The molecule has 7 nitrogen and oxygen atoms in total. The first-order chi connectivity index (χ1) is 12.2. The second kappa shape index (κ2) is 6.43. The summed E-state index contributed by atoms with van der Waals surface area (Å²) < 4.78 is 1.55. The fourth-order valence-corrected chi connectivity index (χ4v) is 3.06. The molecule has 3 aromatic rings. The van der Waals surface area contributed by atoms with Crippen molar-refractivity contribution in [3.05, 3.63) is 65.1 Å². The Morgan fingerprint density at radius 3 is 2.72 bits per heavy atom. The van der Waals surface area contributed by atoms with E-state index in [1.165, 1.54) is 0 Å². The average Bonchev–Trinajstić information content (AvgIpc) is 2.61. The van der Waals surface area contributed by atoms with Gasteiger partial charge >= 0.3 is 0 Å². The fourth-order valence-electron chi connectivity index (χ4n) is 3.06. The maximum atomic E-state index is 12.1. The lowest BCUT2D eigenvalue weighted by atomic mass is 10.00. The van der Waals surface area contributed by atoms with Crippen LogP contribution in [0.5, 0.6) is 0 Å². The zero-order valence-electron chi connectivity index (χ0n) is 13.9.